The summed E-state index contributed by atoms with van der Waals surface area (Å²) in [6, 6.07) is 18.9. The molecule has 2 aromatic rings. The van der Waals surface area contributed by atoms with E-state index in [4.69, 9.17) is 19.4 Å². The van der Waals surface area contributed by atoms with Gasteiger partial charge in [0.1, 0.15) is 5.82 Å². The Hall–Kier alpha value is -0.717. The third kappa shape index (κ3) is 7.43. The van der Waals surface area contributed by atoms with E-state index in [-0.39, 0.29) is 7.92 Å². The first-order valence-corrected chi connectivity index (χ1v) is 22.5. The van der Waals surface area contributed by atoms with Gasteiger partial charge in [-0.3, -0.25) is 0 Å². The molecule has 0 saturated heterocycles. The second kappa shape index (κ2) is 15.1. The fourth-order valence-electron chi connectivity index (χ4n) is 7.67. The van der Waals surface area contributed by atoms with Gasteiger partial charge in [-0.2, -0.15) is 0 Å². The van der Waals surface area contributed by atoms with E-state index in [9.17, 15) is 0 Å². The van der Waals surface area contributed by atoms with Gasteiger partial charge >= 0.3 is 73.4 Å². The Morgan fingerprint density at radius 2 is 1.18 bits per heavy atom. The average Bonchev–Trinajstić information content (AvgIpc) is 3.25. The van der Waals surface area contributed by atoms with Crippen molar-refractivity contribution in [3.63, 3.8) is 0 Å². The molecule has 0 N–H and O–H groups in total. The number of para-hydroxylation sites is 2. The molecule has 220 valence electrons. The van der Waals surface area contributed by atoms with Gasteiger partial charge < -0.3 is 9.80 Å². The number of hydrogen-bond acceptors (Lipinski definition) is 2. The standard InChI is InChI=1S/C27H41N2P.C7H6.2ClH.Ru/c1-28-24-18-10-11-19-25(24)29(2)27(28)23-17-9-12-20-26(23)30(21-13-5-3-6-14-21)22-15-7-4-8-16-22;1-7-5-3-2-4-6-7;;;/h10-11,18-19,21-22,26H,3-9,12-17,20H2,1-2H3;1-6H;2*1H;/q;;;;+2/p-2. The Morgan fingerprint density at radius 3 is 1.70 bits per heavy atom. The zero-order chi connectivity index (χ0) is 27.9. The number of hydrogen-bond donors (Lipinski definition) is 0. The summed E-state index contributed by atoms with van der Waals surface area (Å²) < 4.78 is 1.92. The van der Waals surface area contributed by atoms with Crippen molar-refractivity contribution in [3.05, 3.63) is 71.6 Å². The quantitative estimate of drug-likeness (QED) is 0.233. The van der Waals surface area contributed by atoms with Crippen molar-refractivity contribution < 1.29 is 13.5 Å². The molecule has 0 aromatic heterocycles. The van der Waals surface area contributed by atoms with Crippen molar-refractivity contribution in [2.75, 3.05) is 23.9 Å². The number of benzene rings is 2. The van der Waals surface area contributed by atoms with E-state index in [2.05, 4.69) is 48.2 Å². The van der Waals surface area contributed by atoms with Crippen LogP contribution in [0.4, 0.5) is 11.4 Å². The Kier molecular flexibility index (Phi) is 11.6. The van der Waals surface area contributed by atoms with Crippen LogP contribution in [0.15, 0.2) is 66.0 Å². The molecule has 1 heterocycles. The minimum absolute atomic E-state index is 0.104. The van der Waals surface area contributed by atoms with Gasteiger partial charge in [-0.1, -0.05) is 65.0 Å². The van der Waals surface area contributed by atoms with E-state index in [0.29, 0.717) is 0 Å². The molecule has 0 bridgehead atoms. The van der Waals surface area contributed by atoms with E-state index >= 15 is 0 Å². The second-order valence-electron chi connectivity index (χ2n) is 12.0. The number of anilines is 2. The van der Waals surface area contributed by atoms with Crippen LogP contribution >= 0.6 is 27.3 Å². The van der Waals surface area contributed by atoms with Crippen molar-refractivity contribution in [2.45, 2.75) is 107 Å². The van der Waals surface area contributed by atoms with Crippen LogP contribution in [-0.4, -0.2) is 35.7 Å². The third-order valence-electron chi connectivity index (χ3n) is 9.45. The van der Waals surface area contributed by atoms with Crippen LogP contribution in [0.2, 0.25) is 0 Å². The molecule has 6 heteroatoms. The summed E-state index contributed by atoms with van der Waals surface area (Å²) in [5.74, 6) is 1.54. The van der Waals surface area contributed by atoms with Gasteiger partial charge in [0.25, 0.3) is 0 Å². The molecule has 2 nitrogen and oxygen atoms in total. The fourth-order valence-corrected chi connectivity index (χ4v) is 14.1. The summed E-state index contributed by atoms with van der Waals surface area (Å²) in [5.41, 5.74) is 8.73. The van der Waals surface area contributed by atoms with Gasteiger partial charge in [0.15, 0.2) is 0 Å². The molecule has 2 aromatic carbocycles. The first-order valence-electron chi connectivity index (χ1n) is 15.5. The summed E-state index contributed by atoms with van der Waals surface area (Å²) >= 11 is -1.61. The number of fused-ring (bicyclic) bond motifs is 1. The molecule has 0 spiro atoms. The van der Waals surface area contributed by atoms with Gasteiger partial charge in [-0.25, -0.2) is 0 Å². The predicted octanol–water partition coefficient (Wildman–Crippen LogP) is 10.6. The van der Waals surface area contributed by atoms with E-state index < -0.39 is 13.5 Å². The molecular formula is C34H47Cl2N2PRu. The minimum atomic E-state index is -1.61. The first kappa shape index (κ1) is 30.7. The molecule has 3 saturated carbocycles. The van der Waals surface area contributed by atoms with Crippen LogP contribution in [0.5, 0.6) is 0 Å². The molecule has 1 atom stereocenters. The van der Waals surface area contributed by atoms with Crippen LogP contribution in [0.25, 0.3) is 0 Å². The van der Waals surface area contributed by atoms with Crippen molar-refractivity contribution >= 4 is 43.3 Å². The topological polar surface area (TPSA) is 6.48 Å². The Bertz CT molecular complexity index is 1100. The van der Waals surface area contributed by atoms with Crippen molar-refractivity contribution in [3.8, 4) is 0 Å². The SMILES string of the molecule is CN1C(=C2CCCCC2P(C2CCCCC2)C2CCCCC2)N(C)c2ccccc21.[Cl][Ru]([Cl])=[CH]c1ccccc1. The molecule has 3 fully saturated rings. The van der Waals surface area contributed by atoms with Gasteiger partial charge in [0.05, 0.1) is 11.4 Å². The predicted molar refractivity (Wildman–Crippen MR) is 177 cm³/mol. The van der Waals surface area contributed by atoms with E-state index in [1.807, 2.05) is 40.5 Å². The van der Waals surface area contributed by atoms with Gasteiger partial charge in [0.2, 0.25) is 0 Å². The van der Waals surface area contributed by atoms with Crippen LogP contribution < -0.4 is 9.80 Å². The number of nitrogens with zero attached hydrogens (tertiary/aromatic N) is 2. The maximum atomic E-state index is 5.67. The summed E-state index contributed by atoms with van der Waals surface area (Å²) in [5, 5.41) is 0. The molecule has 3 aliphatic carbocycles. The van der Waals surface area contributed by atoms with Crippen molar-refractivity contribution in [1.29, 1.82) is 0 Å². The second-order valence-corrected chi connectivity index (χ2v) is 20.7. The molecule has 0 radical (unpaired) electrons. The molecule has 40 heavy (non-hydrogen) atoms. The molecule has 4 aliphatic rings. The van der Waals surface area contributed by atoms with Gasteiger partial charge in [-0.05, 0) is 74.0 Å². The molecule has 0 amide bonds. The summed E-state index contributed by atoms with van der Waals surface area (Å²) in [6.45, 7) is 0. The Morgan fingerprint density at radius 1 is 0.675 bits per heavy atom. The van der Waals surface area contributed by atoms with E-state index in [1.165, 1.54) is 101 Å². The molecular weight excluding hydrogens is 639 g/mol. The number of allylic oxidation sites excluding steroid dienone is 1. The van der Waals surface area contributed by atoms with E-state index in [0.717, 1.165) is 22.5 Å². The zero-order valence-electron chi connectivity index (χ0n) is 24.4. The van der Waals surface area contributed by atoms with Gasteiger partial charge in [-0.15, -0.1) is 0 Å². The summed E-state index contributed by atoms with van der Waals surface area (Å²) in [6.07, 6.45) is 20.8. The normalized spacial score (nSPS) is 22.6. The molecule has 1 unspecified atom stereocenters. The monoisotopic (exact) mass is 686 g/mol. The molecule has 6 rings (SSSR count). The van der Waals surface area contributed by atoms with Crippen LogP contribution in [-0.2, 0) is 13.5 Å². The van der Waals surface area contributed by atoms with Crippen molar-refractivity contribution in [2.24, 2.45) is 0 Å². The Labute approximate surface area is 257 Å². The fraction of sp³-hybridized carbons (Fsp3) is 0.559. The van der Waals surface area contributed by atoms with Crippen LogP contribution in [0.1, 0.15) is 95.5 Å². The average molecular weight is 687 g/mol. The third-order valence-corrected chi connectivity index (χ3v) is 15.3. The summed E-state index contributed by atoms with van der Waals surface area (Å²) in [7, 11) is 16.1. The summed E-state index contributed by atoms with van der Waals surface area (Å²) in [4.78, 5) is 5.05. The van der Waals surface area contributed by atoms with Gasteiger partial charge in [0, 0.05) is 19.8 Å². The van der Waals surface area contributed by atoms with E-state index in [1.54, 1.807) is 5.82 Å². The number of halogens is 2. The number of rotatable bonds is 4. The first-order chi connectivity index (χ1) is 19.5. The van der Waals surface area contributed by atoms with Crippen LogP contribution in [0, 0.1) is 0 Å². The van der Waals surface area contributed by atoms with Crippen molar-refractivity contribution in [1.82, 2.24) is 0 Å². The zero-order valence-corrected chi connectivity index (χ0v) is 28.5. The Balaban J connectivity index is 0.000000274. The molecule has 1 aliphatic heterocycles. The van der Waals surface area contributed by atoms with Crippen LogP contribution in [0.3, 0.4) is 0 Å². The maximum absolute atomic E-state index is 5.67.